The maximum absolute atomic E-state index is 11.8. The van der Waals surface area contributed by atoms with Gasteiger partial charge in [-0.15, -0.1) is 12.3 Å². The van der Waals surface area contributed by atoms with E-state index in [9.17, 15) is 4.79 Å². The molecule has 0 bridgehead atoms. The monoisotopic (exact) mass is 258 g/mol. The molecule has 0 saturated heterocycles. The number of aromatic nitrogens is 1. The first-order chi connectivity index (χ1) is 8.72. The molecule has 3 nitrogen and oxygen atoms in total. The summed E-state index contributed by atoms with van der Waals surface area (Å²) in [7, 11) is 0. The Balaban J connectivity index is 2.29. The fourth-order valence-corrected chi connectivity index (χ4v) is 1.85. The summed E-state index contributed by atoms with van der Waals surface area (Å²) in [5.74, 6) is 2.19. The van der Waals surface area contributed by atoms with Crippen molar-refractivity contribution in [3.8, 4) is 12.3 Å². The first-order valence-corrected chi connectivity index (χ1v) is 5.87. The highest BCUT2D eigenvalue weighted by atomic mass is 35.5. The van der Waals surface area contributed by atoms with Gasteiger partial charge >= 0.3 is 0 Å². The van der Waals surface area contributed by atoms with Crippen LogP contribution in [0.3, 0.4) is 0 Å². The number of terminal acetylenes is 1. The largest absolute Gasteiger partial charge is 0.350 e. The summed E-state index contributed by atoms with van der Waals surface area (Å²) in [6.07, 6.45) is 5.61. The Morgan fingerprint density at radius 3 is 3.00 bits per heavy atom. The van der Waals surface area contributed by atoms with Crippen LogP contribution in [0, 0.1) is 12.3 Å². The molecule has 2 aromatic rings. The molecule has 18 heavy (non-hydrogen) atoms. The lowest BCUT2D eigenvalue weighted by Gasteiger charge is -2.05. The number of amides is 1. The van der Waals surface area contributed by atoms with Crippen LogP contribution in [0.15, 0.2) is 30.3 Å². The number of rotatable bonds is 3. The van der Waals surface area contributed by atoms with Crippen LogP contribution in [0.2, 0.25) is 5.02 Å². The van der Waals surface area contributed by atoms with Crippen LogP contribution in [-0.2, 0) is 0 Å². The number of hydrogen-bond acceptors (Lipinski definition) is 2. The molecule has 4 heteroatoms. The van der Waals surface area contributed by atoms with Crippen LogP contribution in [0.4, 0.5) is 0 Å². The van der Waals surface area contributed by atoms with Crippen molar-refractivity contribution in [2.24, 2.45) is 0 Å². The Morgan fingerprint density at radius 1 is 1.44 bits per heavy atom. The Kier molecular flexibility index (Phi) is 3.81. The van der Waals surface area contributed by atoms with Crippen LogP contribution in [0.25, 0.3) is 10.9 Å². The first kappa shape index (κ1) is 12.4. The first-order valence-electron chi connectivity index (χ1n) is 5.49. The zero-order valence-electron chi connectivity index (χ0n) is 9.61. The van der Waals surface area contributed by atoms with Crippen molar-refractivity contribution < 1.29 is 4.79 Å². The van der Waals surface area contributed by atoms with Gasteiger partial charge in [0.25, 0.3) is 5.91 Å². The molecule has 0 unspecified atom stereocenters. The van der Waals surface area contributed by atoms with Crippen molar-refractivity contribution in [1.82, 2.24) is 10.3 Å². The molecule has 90 valence electrons. The van der Waals surface area contributed by atoms with Crippen molar-refractivity contribution in [3.05, 3.63) is 41.0 Å². The minimum atomic E-state index is -0.266. The van der Waals surface area contributed by atoms with E-state index in [1.54, 1.807) is 6.07 Å². The number of pyridine rings is 1. The van der Waals surface area contributed by atoms with Gasteiger partial charge in [-0.3, -0.25) is 4.79 Å². The summed E-state index contributed by atoms with van der Waals surface area (Å²) in [6, 6.07) is 8.98. The summed E-state index contributed by atoms with van der Waals surface area (Å²) >= 11 is 6.12. The number of halogens is 1. The highest BCUT2D eigenvalue weighted by Gasteiger charge is 2.10. The molecule has 0 atom stereocenters. The number of nitrogens with one attached hydrogen (secondary N) is 1. The van der Waals surface area contributed by atoms with Crippen LogP contribution in [0.1, 0.15) is 16.9 Å². The average molecular weight is 259 g/mol. The van der Waals surface area contributed by atoms with E-state index in [0.29, 0.717) is 29.2 Å². The fraction of sp³-hybridized carbons (Fsp3) is 0.143. The van der Waals surface area contributed by atoms with E-state index in [4.69, 9.17) is 18.0 Å². The summed E-state index contributed by atoms with van der Waals surface area (Å²) in [4.78, 5) is 16.1. The predicted molar refractivity (Wildman–Crippen MR) is 72.5 cm³/mol. The number of benzene rings is 1. The summed E-state index contributed by atoms with van der Waals surface area (Å²) < 4.78 is 0. The third kappa shape index (κ3) is 2.61. The highest BCUT2D eigenvalue weighted by molar-refractivity contribution is 6.35. The van der Waals surface area contributed by atoms with Crippen molar-refractivity contribution in [3.63, 3.8) is 0 Å². The van der Waals surface area contributed by atoms with Crippen LogP contribution < -0.4 is 5.32 Å². The minimum Gasteiger partial charge on any atom is -0.350 e. The van der Waals surface area contributed by atoms with Crippen LogP contribution in [0.5, 0.6) is 0 Å². The SMILES string of the molecule is C#CCCNC(=O)c1cc(Cl)c2ccccc2n1. The smallest absolute Gasteiger partial charge is 0.269 e. The number of hydrogen-bond donors (Lipinski definition) is 1. The summed E-state index contributed by atoms with van der Waals surface area (Å²) in [5, 5.41) is 4.04. The van der Waals surface area contributed by atoms with Gasteiger partial charge in [-0.2, -0.15) is 0 Å². The zero-order chi connectivity index (χ0) is 13.0. The van der Waals surface area contributed by atoms with Crippen molar-refractivity contribution in [2.45, 2.75) is 6.42 Å². The maximum Gasteiger partial charge on any atom is 0.269 e. The third-order valence-corrected chi connectivity index (χ3v) is 2.77. The zero-order valence-corrected chi connectivity index (χ0v) is 10.4. The van der Waals surface area contributed by atoms with Gasteiger partial charge in [-0.25, -0.2) is 4.98 Å². The van der Waals surface area contributed by atoms with E-state index < -0.39 is 0 Å². The molecule has 1 aromatic heterocycles. The quantitative estimate of drug-likeness (QED) is 0.679. The topological polar surface area (TPSA) is 42.0 Å². The Hall–Kier alpha value is -2.05. The maximum atomic E-state index is 11.8. The second kappa shape index (κ2) is 5.52. The van der Waals surface area contributed by atoms with Gasteiger partial charge in [0.2, 0.25) is 0 Å². The highest BCUT2D eigenvalue weighted by Crippen LogP contribution is 2.22. The van der Waals surface area contributed by atoms with Crippen molar-refractivity contribution in [1.29, 1.82) is 0 Å². The molecule has 1 aromatic carbocycles. The van der Waals surface area contributed by atoms with Gasteiger partial charge in [0, 0.05) is 18.4 Å². The number of carbonyl (C=O) groups is 1. The van der Waals surface area contributed by atoms with Crippen LogP contribution >= 0.6 is 11.6 Å². The molecular weight excluding hydrogens is 248 g/mol. The Morgan fingerprint density at radius 2 is 2.22 bits per heavy atom. The second-order valence-corrected chi connectivity index (χ2v) is 4.12. The number of nitrogens with zero attached hydrogens (tertiary/aromatic N) is 1. The van der Waals surface area contributed by atoms with Crippen molar-refractivity contribution in [2.75, 3.05) is 6.54 Å². The van der Waals surface area contributed by atoms with E-state index in [0.717, 1.165) is 5.39 Å². The van der Waals surface area contributed by atoms with E-state index >= 15 is 0 Å². The number of fused-ring (bicyclic) bond motifs is 1. The number of para-hydroxylation sites is 1. The summed E-state index contributed by atoms with van der Waals surface area (Å²) in [5.41, 5.74) is 1.00. The molecule has 1 amide bonds. The summed E-state index contributed by atoms with van der Waals surface area (Å²) in [6.45, 7) is 0.432. The van der Waals surface area contributed by atoms with Gasteiger partial charge in [0.15, 0.2) is 0 Å². The number of carbonyl (C=O) groups excluding carboxylic acids is 1. The molecule has 0 radical (unpaired) electrons. The minimum absolute atomic E-state index is 0.266. The van der Waals surface area contributed by atoms with Gasteiger partial charge < -0.3 is 5.32 Å². The molecule has 0 spiro atoms. The lowest BCUT2D eigenvalue weighted by Crippen LogP contribution is -2.25. The molecule has 2 rings (SSSR count). The molecule has 0 aliphatic rings. The lowest BCUT2D eigenvalue weighted by atomic mass is 10.2. The molecule has 0 aliphatic carbocycles. The third-order valence-electron chi connectivity index (χ3n) is 2.45. The molecule has 0 aliphatic heterocycles. The normalized spacial score (nSPS) is 10.0. The molecule has 1 heterocycles. The molecule has 0 saturated carbocycles. The van der Waals surface area contributed by atoms with Gasteiger partial charge in [0.05, 0.1) is 10.5 Å². The van der Waals surface area contributed by atoms with Crippen LogP contribution in [-0.4, -0.2) is 17.4 Å². The lowest BCUT2D eigenvalue weighted by molar-refractivity contribution is 0.0950. The molecular formula is C14H11ClN2O. The van der Waals surface area contributed by atoms with Crippen molar-refractivity contribution >= 4 is 28.4 Å². The van der Waals surface area contributed by atoms with E-state index in [2.05, 4.69) is 16.2 Å². The van der Waals surface area contributed by atoms with Gasteiger partial charge in [-0.05, 0) is 12.1 Å². The average Bonchev–Trinajstić information content (AvgIpc) is 2.39. The predicted octanol–water partition coefficient (Wildman–Crippen LogP) is 2.64. The van der Waals surface area contributed by atoms with Gasteiger partial charge in [-0.1, -0.05) is 29.8 Å². The standard InChI is InChI=1S/C14H11ClN2O/c1-2-3-8-16-14(18)13-9-11(15)10-6-4-5-7-12(10)17-13/h1,4-7,9H,3,8H2,(H,16,18). The molecule has 1 N–H and O–H groups in total. The Labute approximate surface area is 110 Å². The van der Waals surface area contributed by atoms with E-state index in [1.807, 2.05) is 24.3 Å². The Bertz CT molecular complexity index is 631. The fourth-order valence-electron chi connectivity index (χ4n) is 1.59. The molecule has 0 fully saturated rings. The second-order valence-electron chi connectivity index (χ2n) is 3.72. The van der Waals surface area contributed by atoms with Gasteiger partial charge in [0.1, 0.15) is 5.69 Å². The van der Waals surface area contributed by atoms with E-state index in [-0.39, 0.29) is 5.91 Å². The van der Waals surface area contributed by atoms with E-state index in [1.165, 1.54) is 0 Å².